The normalized spacial score (nSPS) is 25.2. The summed E-state index contributed by atoms with van der Waals surface area (Å²) in [7, 11) is 0. The first-order valence-corrected chi connectivity index (χ1v) is 8.10. The Balaban J connectivity index is 1.68. The quantitative estimate of drug-likeness (QED) is 0.919. The zero-order chi connectivity index (χ0) is 15.4. The van der Waals surface area contributed by atoms with Gasteiger partial charge in [-0.1, -0.05) is 12.1 Å². The van der Waals surface area contributed by atoms with Gasteiger partial charge >= 0.3 is 0 Å². The number of amides is 1. The number of rotatable bonds is 4. The molecule has 0 aliphatic carbocycles. The molecule has 0 bridgehead atoms. The predicted octanol–water partition coefficient (Wildman–Crippen LogP) is 1.68. The number of hydrogen-bond donors (Lipinski definition) is 1. The molecule has 5 heteroatoms. The van der Waals surface area contributed by atoms with Crippen LogP contribution < -0.4 is 10.1 Å². The zero-order valence-electron chi connectivity index (χ0n) is 13.1. The van der Waals surface area contributed by atoms with Gasteiger partial charge in [0.1, 0.15) is 12.4 Å². The lowest BCUT2D eigenvalue weighted by atomic mass is 10.1. The predicted molar refractivity (Wildman–Crippen MR) is 84.3 cm³/mol. The lowest BCUT2D eigenvalue weighted by molar-refractivity contribution is 0.0637. The summed E-state index contributed by atoms with van der Waals surface area (Å²) in [4.78, 5) is 14.6. The summed E-state index contributed by atoms with van der Waals surface area (Å²) in [5.74, 6) is 0.713. The van der Waals surface area contributed by atoms with Gasteiger partial charge in [-0.05, 0) is 31.9 Å². The van der Waals surface area contributed by atoms with Crippen LogP contribution in [0.15, 0.2) is 24.3 Å². The molecule has 0 saturated carbocycles. The minimum Gasteiger partial charge on any atom is -0.490 e. The number of ether oxygens (including phenoxy) is 2. The maximum atomic E-state index is 12.7. The highest BCUT2D eigenvalue weighted by Gasteiger charge is 2.24. The molecule has 5 nitrogen and oxygen atoms in total. The van der Waals surface area contributed by atoms with Crippen molar-refractivity contribution in [1.29, 1.82) is 0 Å². The van der Waals surface area contributed by atoms with Gasteiger partial charge in [0.15, 0.2) is 0 Å². The fraction of sp³-hybridized carbons (Fsp3) is 0.588. The number of carbonyl (C=O) groups is 1. The lowest BCUT2D eigenvalue weighted by Gasteiger charge is -2.32. The van der Waals surface area contributed by atoms with Gasteiger partial charge in [0.05, 0.1) is 11.7 Å². The van der Waals surface area contributed by atoms with Crippen LogP contribution in [0.25, 0.3) is 0 Å². The molecule has 0 radical (unpaired) electrons. The number of hydrogen-bond acceptors (Lipinski definition) is 4. The molecule has 22 heavy (non-hydrogen) atoms. The number of nitrogens with zero attached hydrogens (tertiary/aromatic N) is 1. The van der Waals surface area contributed by atoms with Gasteiger partial charge in [0.25, 0.3) is 5.91 Å². The van der Waals surface area contributed by atoms with E-state index in [1.54, 1.807) is 0 Å². The second-order valence-electron chi connectivity index (χ2n) is 6.05. The van der Waals surface area contributed by atoms with Crippen LogP contribution in [0, 0.1) is 0 Å². The number of carbonyl (C=O) groups excluding carboxylic acids is 1. The van der Waals surface area contributed by atoms with Gasteiger partial charge in [-0.3, -0.25) is 4.79 Å². The van der Waals surface area contributed by atoms with Gasteiger partial charge in [0, 0.05) is 32.3 Å². The van der Waals surface area contributed by atoms with Gasteiger partial charge in [-0.2, -0.15) is 0 Å². The van der Waals surface area contributed by atoms with E-state index in [0.29, 0.717) is 24.0 Å². The molecular weight excluding hydrogens is 280 g/mol. The Labute approximate surface area is 131 Å². The van der Waals surface area contributed by atoms with Crippen molar-refractivity contribution in [3.63, 3.8) is 0 Å². The second kappa shape index (κ2) is 7.11. The minimum atomic E-state index is 0.0521. The van der Waals surface area contributed by atoms with E-state index in [2.05, 4.69) is 12.2 Å². The fourth-order valence-corrected chi connectivity index (χ4v) is 3.01. The summed E-state index contributed by atoms with van der Waals surface area (Å²) in [6.45, 7) is 5.74. The summed E-state index contributed by atoms with van der Waals surface area (Å²) in [5, 5.41) is 3.35. The van der Waals surface area contributed by atoms with Crippen LogP contribution in [-0.2, 0) is 4.74 Å². The van der Waals surface area contributed by atoms with Gasteiger partial charge in [-0.15, -0.1) is 0 Å². The van der Waals surface area contributed by atoms with Crippen molar-refractivity contribution in [2.75, 3.05) is 32.8 Å². The Hall–Kier alpha value is -1.59. The van der Waals surface area contributed by atoms with Gasteiger partial charge in [0.2, 0.25) is 0 Å². The fourth-order valence-electron chi connectivity index (χ4n) is 3.01. The number of para-hydroxylation sites is 1. The maximum absolute atomic E-state index is 12.7. The highest BCUT2D eigenvalue weighted by molar-refractivity contribution is 5.97. The van der Waals surface area contributed by atoms with Crippen molar-refractivity contribution in [3.8, 4) is 5.75 Å². The number of nitrogens with one attached hydrogen (secondary N) is 1. The first-order valence-electron chi connectivity index (χ1n) is 8.10. The molecule has 0 spiro atoms. The van der Waals surface area contributed by atoms with Crippen molar-refractivity contribution in [2.45, 2.75) is 31.9 Å². The summed E-state index contributed by atoms with van der Waals surface area (Å²) in [5.41, 5.74) is 0.648. The first kappa shape index (κ1) is 15.3. The van der Waals surface area contributed by atoms with Crippen LogP contribution in [0.3, 0.4) is 0 Å². The van der Waals surface area contributed by atoms with Crippen LogP contribution in [0.2, 0.25) is 0 Å². The van der Waals surface area contributed by atoms with Crippen molar-refractivity contribution in [2.24, 2.45) is 0 Å². The van der Waals surface area contributed by atoms with E-state index in [1.807, 2.05) is 29.2 Å². The van der Waals surface area contributed by atoms with E-state index in [9.17, 15) is 4.79 Å². The summed E-state index contributed by atoms with van der Waals surface area (Å²) in [6.07, 6.45) is 2.28. The molecule has 0 unspecified atom stereocenters. The minimum absolute atomic E-state index is 0.0521. The monoisotopic (exact) mass is 304 g/mol. The molecule has 2 heterocycles. The zero-order valence-corrected chi connectivity index (χ0v) is 13.1. The van der Waals surface area contributed by atoms with E-state index in [-0.39, 0.29) is 12.0 Å². The molecule has 2 aliphatic heterocycles. The SMILES string of the molecule is C[C@H]1CN(C(=O)c2ccccc2OC[C@H]2CCCO2)CCN1. The third kappa shape index (κ3) is 3.59. The Kier molecular flexibility index (Phi) is 4.95. The third-order valence-electron chi connectivity index (χ3n) is 4.22. The number of piperazine rings is 1. The van der Waals surface area contributed by atoms with Crippen molar-refractivity contribution in [3.05, 3.63) is 29.8 Å². The van der Waals surface area contributed by atoms with E-state index >= 15 is 0 Å². The molecule has 2 fully saturated rings. The van der Waals surface area contributed by atoms with E-state index < -0.39 is 0 Å². The first-order chi connectivity index (χ1) is 10.7. The molecule has 0 aromatic heterocycles. The van der Waals surface area contributed by atoms with Crippen molar-refractivity contribution in [1.82, 2.24) is 10.2 Å². The maximum Gasteiger partial charge on any atom is 0.257 e. The average Bonchev–Trinajstić information content (AvgIpc) is 3.06. The molecule has 1 aromatic carbocycles. The largest absolute Gasteiger partial charge is 0.490 e. The standard InChI is InChI=1S/C17H24N2O3/c1-13-11-19(9-8-18-13)17(20)15-6-2-3-7-16(15)22-12-14-5-4-10-21-14/h2-3,6-7,13-14,18H,4-5,8-12H2,1H3/t13-,14+/m0/s1. The molecule has 3 rings (SSSR count). The van der Waals surface area contributed by atoms with Crippen LogP contribution >= 0.6 is 0 Å². The molecule has 1 N–H and O–H groups in total. The van der Waals surface area contributed by atoms with Crippen LogP contribution in [-0.4, -0.2) is 55.8 Å². The Bertz CT molecular complexity index is 514. The molecule has 1 aromatic rings. The topological polar surface area (TPSA) is 50.8 Å². The molecule has 120 valence electrons. The number of benzene rings is 1. The highest BCUT2D eigenvalue weighted by Crippen LogP contribution is 2.22. The Morgan fingerprint density at radius 3 is 3.09 bits per heavy atom. The van der Waals surface area contributed by atoms with Gasteiger partial charge < -0.3 is 19.7 Å². The lowest BCUT2D eigenvalue weighted by Crippen LogP contribution is -2.51. The Morgan fingerprint density at radius 2 is 2.32 bits per heavy atom. The molecular formula is C17H24N2O3. The van der Waals surface area contributed by atoms with Crippen molar-refractivity contribution < 1.29 is 14.3 Å². The summed E-state index contributed by atoms with van der Waals surface area (Å²) < 4.78 is 11.4. The van der Waals surface area contributed by atoms with E-state index in [4.69, 9.17) is 9.47 Å². The second-order valence-corrected chi connectivity index (χ2v) is 6.05. The summed E-state index contributed by atoms with van der Waals surface area (Å²) in [6, 6.07) is 7.84. The van der Waals surface area contributed by atoms with Crippen molar-refractivity contribution >= 4 is 5.91 Å². The van der Waals surface area contributed by atoms with E-state index in [1.165, 1.54) is 0 Å². The average molecular weight is 304 g/mol. The molecule has 2 aliphatic rings. The van der Waals surface area contributed by atoms with Crippen LogP contribution in [0.4, 0.5) is 0 Å². The Morgan fingerprint density at radius 1 is 1.45 bits per heavy atom. The third-order valence-corrected chi connectivity index (χ3v) is 4.22. The molecule has 2 atom stereocenters. The smallest absolute Gasteiger partial charge is 0.257 e. The van der Waals surface area contributed by atoms with E-state index in [0.717, 1.165) is 39.1 Å². The van der Waals surface area contributed by atoms with Crippen LogP contribution in [0.1, 0.15) is 30.1 Å². The summed E-state index contributed by atoms with van der Waals surface area (Å²) >= 11 is 0. The highest BCUT2D eigenvalue weighted by atomic mass is 16.5. The molecule has 2 saturated heterocycles. The van der Waals surface area contributed by atoms with Crippen LogP contribution in [0.5, 0.6) is 5.75 Å². The molecule has 1 amide bonds. The van der Waals surface area contributed by atoms with Gasteiger partial charge in [-0.25, -0.2) is 0 Å².